The van der Waals surface area contributed by atoms with Crippen molar-refractivity contribution in [3.05, 3.63) is 76.1 Å². The topological polar surface area (TPSA) is 237 Å². The standard InChI is InChI=1S/C19H22N6O4.C17H24N6O2.C4H8.C3H10N2.3C2H6/c1-11-8-14(25(3)23-11)18(28)22-19-21-13-9-12(17(20)27)10-15(16(13)24(19)2)29-7-5-4-6-26;1-7-14(23(5)21-8-2)17(24)20-11-22(4)16-13(19-3)9-12(18)10-15(16)25-6;1-3-4-2;1-4-5(2)3;3*1-2/h6,8-10H,4-5,7H2,1-3H3,(H2,20,27)(H,21,22,28);3,7-10H,11,18H2,1-2,4-6H3;3-4H,1-2H3;4H,1-3H3;3*1-2H3/p+1/b;14-7-,21-8+;4-3+;;;;. The Labute approximate surface area is 411 Å². The number of carbonyl (C=O) groups is 4. The average Bonchev–Trinajstić information content (AvgIpc) is 3.87. The molecule has 384 valence electrons. The second-order valence-electron chi connectivity index (χ2n) is 13.5. The Morgan fingerprint density at radius 2 is 1.54 bits per heavy atom. The van der Waals surface area contributed by atoms with Crippen molar-refractivity contribution in [2.75, 3.05) is 71.6 Å². The van der Waals surface area contributed by atoms with E-state index in [2.05, 4.69) is 36.1 Å². The minimum Gasteiger partial charge on any atom is -0.494 e. The maximum atomic E-state index is 12.6. The molecule has 7 N–H and O–H groups in total. The summed E-state index contributed by atoms with van der Waals surface area (Å²) in [5.74, 6) is -0.0541. The minimum absolute atomic E-state index is 0.211. The number of nitrogens with one attached hydrogen (secondary N) is 3. The van der Waals surface area contributed by atoms with Crippen LogP contribution in [0.4, 0.5) is 23.0 Å². The number of unbranched alkanes of at least 4 members (excludes halogenated alkanes) is 1. The number of ether oxygens (including phenoxy) is 2. The van der Waals surface area contributed by atoms with Crippen LogP contribution < -0.4 is 41.9 Å². The van der Waals surface area contributed by atoms with Gasteiger partial charge in [0, 0.05) is 72.2 Å². The van der Waals surface area contributed by atoms with Crippen molar-refractivity contribution in [2.45, 2.75) is 89.0 Å². The molecular weight excluding hydrogens is 881 g/mol. The Morgan fingerprint density at radius 3 is 1.99 bits per heavy atom. The zero-order valence-electron chi connectivity index (χ0n) is 44.8. The number of nitrogens with zero attached hydrogens (tertiary/aromatic N) is 9. The normalized spacial score (nSPS) is 10.1. The molecular formula is C49H83N14O6+. The van der Waals surface area contributed by atoms with Gasteiger partial charge in [0.25, 0.3) is 18.4 Å². The quantitative estimate of drug-likeness (QED) is 0.0105. The first-order valence-corrected chi connectivity index (χ1v) is 22.8. The Bertz CT molecular complexity index is 2270. The number of likely N-dealkylation sites (N-methyl/N-ethyl adjacent to an activating group) is 1. The molecule has 0 aliphatic carbocycles. The number of hydrogen-bond donors (Lipinski definition) is 5. The van der Waals surface area contributed by atoms with Crippen LogP contribution in [0.25, 0.3) is 15.9 Å². The molecule has 0 bridgehead atoms. The first-order chi connectivity index (χ1) is 32.9. The van der Waals surface area contributed by atoms with Gasteiger partial charge in [0.05, 0.1) is 37.7 Å². The molecule has 0 spiro atoms. The van der Waals surface area contributed by atoms with E-state index in [0.29, 0.717) is 63.8 Å². The largest absolute Gasteiger partial charge is 0.494 e. The van der Waals surface area contributed by atoms with Crippen molar-refractivity contribution in [1.82, 2.24) is 40.1 Å². The number of primary amides is 1. The molecule has 69 heavy (non-hydrogen) atoms. The predicted molar refractivity (Wildman–Crippen MR) is 286 cm³/mol. The third-order valence-corrected chi connectivity index (χ3v) is 8.62. The van der Waals surface area contributed by atoms with Crippen LogP contribution in [-0.2, 0) is 23.7 Å². The van der Waals surface area contributed by atoms with Gasteiger partial charge in [-0.1, -0.05) is 59.8 Å². The summed E-state index contributed by atoms with van der Waals surface area (Å²) in [4.78, 5) is 57.1. The van der Waals surface area contributed by atoms with Crippen molar-refractivity contribution < 1.29 is 28.7 Å². The van der Waals surface area contributed by atoms with E-state index in [9.17, 15) is 19.2 Å². The Hall–Kier alpha value is -7.24. The van der Waals surface area contributed by atoms with Gasteiger partial charge in [-0.15, -0.1) is 0 Å². The third-order valence-electron chi connectivity index (χ3n) is 8.62. The molecule has 0 aliphatic rings. The molecule has 20 heteroatoms. The molecule has 0 saturated carbocycles. The Kier molecular flexibility index (Phi) is 36.2. The summed E-state index contributed by atoms with van der Waals surface area (Å²) in [6, 6.07) is 8.05. The number of aromatic nitrogens is 4. The van der Waals surface area contributed by atoms with Gasteiger partial charge in [-0.2, -0.15) is 10.2 Å². The van der Waals surface area contributed by atoms with E-state index >= 15 is 0 Å². The maximum Gasteiger partial charge on any atom is 0.368 e. The van der Waals surface area contributed by atoms with E-state index in [1.165, 1.54) is 22.9 Å². The fourth-order valence-corrected chi connectivity index (χ4v) is 5.32. The van der Waals surface area contributed by atoms with Gasteiger partial charge in [-0.25, -0.2) is 4.98 Å². The molecule has 4 aromatic rings. The van der Waals surface area contributed by atoms with Gasteiger partial charge in [0.15, 0.2) is 11.4 Å². The minimum atomic E-state index is -0.619. The van der Waals surface area contributed by atoms with E-state index in [0.717, 1.165) is 12.0 Å². The average molecular weight is 964 g/mol. The molecule has 2 heterocycles. The van der Waals surface area contributed by atoms with Gasteiger partial charge < -0.3 is 40.5 Å². The molecule has 4 rings (SSSR count). The Morgan fingerprint density at radius 1 is 0.942 bits per heavy atom. The number of rotatable bonds is 16. The summed E-state index contributed by atoms with van der Waals surface area (Å²) in [5, 5.41) is 17.2. The Balaban J connectivity index is -0.000000988. The number of allylic oxidation sites excluding steroid dienone is 3. The number of nitrogen functional groups attached to an aromatic ring is 1. The van der Waals surface area contributed by atoms with Gasteiger partial charge in [0.2, 0.25) is 11.9 Å². The van der Waals surface area contributed by atoms with Crippen molar-refractivity contribution in [3.63, 3.8) is 0 Å². The second-order valence-corrected chi connectivity index (χ2v) is 13.5. The summed E-state index contributed by atoms with van der Waals surface area (Å²) in [6.07, 6.45) is 9.02. The highest BCUT2D eigenvalue weighted by atomic mass is 16.5. The van der Waals surface area contributed by atoms with E-state index in [1.54, 1.807) is 95.0 Å². The lowest BCUT2D eigenvalue weighted by Gasteiger charge is -2.22. The van der Waals surface area contributed by atoms with E-state index in [-0.39, 0.29) is 36.6 Å². The first kappa shape index (κ1) is 66.0. The summed E-state index contributed by atoms with van der Waals surface area (Å²) in [6.45, 7) is 27.3. The summed E-state index contributed by atoms with van der Waals surface area (Å²) >= 11 is 0. The van der Waals surface area contributed by atoms with Crippen molar-refractivity contribution >= 4 is 64.3 Å². The number of hydrogen-bond acceptors (Lipinski definition) is 14. The first-order valence-electron chi connectivity index (χ1n) is 22.8. The molecule has 3 amide bonds. The molecule has 0 aliphatic heterocycles. The maximum absolute atomic E-state index is 12.6. The number of methoxy groups -OCH3 is 1. The van der Waals surface area contributed by atoms with Crippen LogP contribution in [0.1, 0.15) is 109 Å². The van der Waals surface area contributed by atoms with Crippen LogP contribution in [0.3, 0.4) is 0 Å². The lowest BCUT2D eigenvalue weighted by Crippen LogP contribution is -2.38. The van der Waals surface area contributed by atoms with Crippen LogP contribution >= 0.6 is 0 Å². The summed E-state index contributed by atoms with van der Waals surface area (Å²) < 4.78 is 14.3. The van der Waals surface area contributed by atoms with Gasteiger partial charge in [-0.3, -0.25) is 39.8 Å². The number of carbonyl (C=O) groups excluding carboxylic acids is 4. The van der Waals surface area contributed by atoms with Crippen LogP contribution in [-0.4, -0.2) is 115 Å². The number of aryl methyl sites for hydroxylation is 3. The molecule has 0 atom stereocenters. The van der Waals surface area contributed by atoms with Crippen molar-refractivity contribution in [1.29, 1.82) is 0 Å². The van der Waals surface area contributed by atoms with Crippen LogP contribution in [0, 0.1) is 13.5 Å². The monoisotopic (exact) mass is 964 g/mol. The number of imidazole rings is 1. The van der Waals surface area contributed by atoms with Gasteiger partial charge in [0.1, 0.15) is 28.9 Å². The highest BCUT2D eigenvalue weighted by molar-refractivity contribution is 6.04. The van der Waals surface area contributed by atoms with Gasteiger partial charge >= 0.3 is 5.69 Å². The fraction of sp³-hybridized carbons (Fsp3) is 0.469. The van der Waals surface area contributed by atoms with E-state index in [1.807, 2.05) is 93.7 Å². The van der Waals surface area contributed by atoms with Crippen LogP contribution in [0.15, 0.2) is 59.4 Å². The molecule has 20 nitrogen and oxygen atoms in total. The number of aldehydes is 1. The lowest BCUT2D eigenvalue weighted by molar-refractivity contribution is -0.118. The number of benzene rings is 2. The highest BCUT2D eigenvalue weighted by Crippen LogP contribution is 2.39. The molecule has 0 fully saturated rings. The zero-order chi connectivity index (χ0) is 53.8. The molecule has 2 aromatic heterocycles. The van der Waals surface area contributed by atoms with E-state index < -0.39 is 5.91 Å². The highest BCUT2D eigenvalue weighted by Gasteiger charge is 2.23. The summed E-state index contributed by atoms with van der Waals surface area (Å²) in [5.41, 5.74) is 18.5. The van der Waals surface area contributed by atoms with Crippen molar-refractivity contribution in [3.8, 4) is 18.1 Å². The number of anilines is 3. The summed E-state index contributed by atoms with van der Waals surface area (Å²) in [7, 11) is 14.2. The number of fused-ring (bicyclic) bond motifs is 1. The number of amides is 3. The number of nitrogens with two attached hydrogens (primary N) is 2. The van der Waals surface area contributed by atoms with Crippen molar-refractivity contribution in [2.24, 2.45) is 24.9 Å². The third kappa shape index (κ3) is 22.9. The number of hydrazine groups is 1. The second kappa shape index (κ2) is 37.8. The molecule has 0 saturated heterocycles. The lowest BCUT2D eigenvalue weighted by atomic mass is 10.1. The SMILES string of the molecule is C#[N+]c1cc(N)cc(OC)c1N(C)CNC(=O)/C(=C/C)N(C)/N=C/C.C/C=C/C.CC.CC.CC.CNN(C)C.Cc1cc(C(=O)Nc2nc3cc(C(N)=O)cc(OCCCC=O)c3n2C)n(C)n1. The number of hydrazone groups is 1. The van der Waals surface area contributed by atoms with Crippen LogP contribution in [0.2, 0.25) is 0 Å². The smallest absolute Gasteiger partial charge is 0.368 e. The van der Waals surface area contributed by atoms with Gasteiger partial charge in [-0.05, 0) is 71.1 Å². The van der Waals surface area contributed by atoms with E-state index in [4.69, 9.17) is 27.5 Å². The predicted octanol–water partition coefficient (Wildman–Crippen LogP) is 7.89. The molecule has 2 aromatic carbocycles. The van der Waals surface area contributed by atoms with Crippen LogP contribution in [0.5, 0.6) is 11.5 Å². The zero-order valence-corrected chi connectivity index (χ0v) is 44.8. The fourth-order valence-electron chi connectivity index (χ4n) is 5.32. The molecule has 0 radical (unpaired) electrons. The molecule has 0 unspecified atom stereocenters.